The van der Waals surface area contributed by atoms with E-state index in [-0.39, 0.29) is 25.9 Å². The minimum Gasteiger partial charge on any atom is -0.387 e. The van der Waals surface area contributed by atoms with Crippen LogP contribution in [0, 0.1) is 0 Å². The number of hydrogen-bond acceptors (Lipinski definition) is 6. The molecule has 2 aliphatic rings. The van der Waals surface area contributed by atoms with Crippen LogP contribution in [0.1, 0.15) is 18.4 Å². The van der Waals surface area contributed by atoms with Gasteiger partial charge < -0.3 is 10.6 Å². The highest BCUT2D eigenvalue weighted by Crippen LogP contribution is 2.32. The molecule has 28 heavy (non-hydrogen) atoms. The van der Waals surface area contributed by atoms with Crippen molar-refractivity contribution >= 4 is 28.5 Å². The molecule has 0 unspecified atom stereocenters. The van der Waals surface area contributed by atoms with Crippen LogP contribution in [0.2, 0.25) is 0 Å². The standard InChI is InChI=1S/C20H18F2N6/c21-20(22)5-7-28(8-6-20)18-11-24-15-4-3-14(26-19(15)27-18)12-1-2-13-10-17(23)25-16(13)9-12/h1-4,9,11H,5-8,10H2,(H2,23,25). The van der Waals surface area contributed by atoms with E-state index in [2.05, 4.69) is 19.9 Å². The van der Waals surface area contributed by atoms with Crippen LogP contribution >= 0.6 is 0 Å². The van der Waals surface area contributed by atoms with Gasteiger partial charge in [0.25, 0.3) is 5.92 Å². The molecule has 142 valence electrons. The Morgan fingerprint density at radius 1 is 1.04 bits per heavy atom. The van der Waals surface area contributed by atoms with Crippen molar-refractivity contribution in [3.8, 4) is 11.3 Å². The van der Waals surface area contributed by atoms with Crippen molar-refractivity contribution in [1.82, 2.24) is 15.0 Å². The SMILES string of the molecule is NC1=Nc2cc(-c3ccc4ncc(N5CCC(F)(F)CC5)nc4n3)ccc2C1. The van der Waals surface area contributed by atoms with Crippen molar-refractivity contribution in [1.29, 1.82) is 0 Å². The van der Waals surface area contributed by atoms with Gasteiger partial charge in [-0.2, -0.15) is 0 Å². The van der Waals surface area contributed by atoms with E-state index in [1.807, 2.05) is 35.2 Å². The number of nitrogens with zero attached hydrogens (tertiary/aromatic N) is 5. The molecule has 2 aromatic heterocycles. The Bertz CT molecular complexity index is 1100. The number of fused-ring (bicyclic) bond motifs is 2. The van der Waals surface area contributed by atoms with Gasteiger partial charge >= 0.3 is 0 Å². The van der Waals surface area contributed by atoms with Crippen LogP contribution in [0.3, 0.4) is 0 Å². The molecule has 0 saturated carbocycles. The number of alkyl halides is 2. The first-order chi connectivity index (χ1) is 13.5. The second kappa shape index (κ2) is 6.19. The second-order valence-electron chi connectivity index (χ2n) is 7.23. The Labute approximate surface area is 160 Å². The van der Waals surface area contributed by atoms with Gasteiger partial charge in [-0.1, -0.05) is 12.1 Å². The summed E-state index contributed by atoms with van der Waals surface area (Å²) in [6.07, 6.45) is 1.96. The molecule has 0 aliphatic carbocycles. The van der Waals surface area contributed by atoms with E-state index < -0.39 is 5.92 Å². The third-order valence-corrected chi connectivity index (χ3v) is 5.23. The Morgan fingerprint density at radius 3 is 2.68 bits per heavy atom. The molecule has 1 aromatic carbocycles. The second-order valence-corrected chi connectivity index (χ2v) is 7.23. The average molecular weight is 380 g/mol. The van der Waals surface area contributed by atoms with Gasteiger partial charge in [-0.05, 0) is 23.8 Å². The van der Waals surface area contributed by atoms with Gasteiger partial charge in [-0.3, -0.25) is 0 Å². The molecule has 8 heteroatoms. The van der Waals surface area contributed by atoms with Crippen molar-refractivity contribution < 1.29 is 8.78 Å². The van der Waals surface area contributed by atoms with E-state index in [4.69, 9.17) is 5.73 Å². The normalized spacial score (nSPS) is 18.2. The lowest BCUT2D eigenvalue weighted by Gasteiger charge is -2.32. The van der Waals surface area contributed by atoms with Crippen LogP contribution in [-0.4, -0.2) is 39.8 Å². The summed E-state index contributed by atoms with van der Waals surface area (Å²) in [7, 11) is 0. The zero-order chi connectivity index (χ0) is 19.3. The maximum Gasteiger partial charge on any atom is 0.251 e. The van der Waals surface area contributed by atoms with E-state index >= 15 is 0 Å². The minimum absolute atomic E-state index is 0.168. The first-order valence-corrected chi connectivity index (χ1v) is 9.20. The number of nitrogens with two attached hydrogens (primary N) is 1. The number of aromatic nitrogens is 3. The minimum atomic E-state index is -2.59. The molecule has 1 saturated heterocycles. The average Bonchev–Trinajstić information content (AvgIpc) is 3.06. The van der Waals surface area contributed by atoms with Crippen LogP contribution in [0.15, 0.2) is 41.5 Å². The number of anilines is 1. The van der Waals surface area contributed by atoms with Gasteiger partial charge in [0, 0.05) is 37.9 Å². The number of rotatable bonds is 2. The summed E-state index contributed by atoms with van der Waals surface area (Å²) in [5, 5.41) is 0. The number of amidine groups is 1. The highest BCUT2D eigenvalue weighted by molar-refractivity contribution is 5.91. The van der Waals surface area contributed by atoms with Gasteiger partial charge in [-0.25, -0.2) is 28.7 Å². The van der Waals surface area contributed by atoms with E-state index in [0.29, 0.717) is 29.2 Å². The summed E-state index contributed by atoms with van der Waals surface area (Å²) < 4.78 is 26.8. The van der Waals surface area contributed by atoms with Crippen molar-refractivity contribution in [2.75, 3.05) is 18.0 Å². The van der Waals surface area contributed by atoms with Gasteiger partial charge in [0.15, 0.2) is 5.65 Å². The lowest BCUT2D eigenvalue weighted by molar-refractivity contribution is -0.0221. The largest absolute Gasteiger partial charge is 0.387 e. The molecule has 2 aliphatic heterocycles. The number of piperidine rings is 1. The van der Waals surface area contributed by atoms with E-state index in [1.165, 1.54) is 0 Å². The summed E-state index contributed by atoms with van der Waals surface area (Å²) in [6.45, 7) is 0.522. The number of halogens is 2. The smallest absolute Gasteiger partial charge is 0.251 e. The van der Waals surface area contributed by atoms with E-state index in [1.54, 1.807) is 6.20 Å². The van der Waals surface area contributed by atoms with E-state index in [9.17, 15) is 8.78 Å². The molecule has 5 rings (SSSR count). The lowest BCUT2D eigenvalue weighted by Crippen LogP contribution is -2.39. The fraction of sp³-hybridized carbons (Fsp3) is 0.300. The topological polar surface area (TPSA) is 80.3 Å². The van der Waals surface area contributed by atoms with Gasteiger partial charge in [0.1, 0.15) is 17.2 Å². The first kappa shape index (κ1) is 17.0. The monoisotopic (exact) mass is 380 g/mol. The highest BCUT2D eigenvalue weighted by Gasteiger charge is 2.34. The first-order valence-electron chi connectivity index (χ1n) is 9.20. The fourth-order valence-corrected chi connectivity index (χ4v) is 3.63. The third-order valence-electron chi connectivity index (χ3n) is 5.23. The van der Waals surface area contributed by atoms with Crippen molar-refractivity contribution in [3.05, 3.63) is 42.1 Å². The summed E-state index contributed by atoms with van der Waals surface area (Å²) in [6, 6.07) is 9.72. The quantitative estimate of drug-likeness (QED) is 0.736. The Kier molecular flexibility index (Phi) is 3.75. The molecule has 2 N–H and O–H groups in total. The van der Waals surface area contributed by atoms with Gasteiger partial charge in [0.2, 0.25) is 0 Å². The van der Waals surface area contributed by atoms with Crippen LogP contribution in [0.5, 0.6) is 0 Å². The van der Waals surface area contributed by atoms with Crippen molar-refractivity contribution in [2.45, 2.75) is 25.2 Å². The maximum atomic E-state index is 13.4. The van der Waals surface area contributed by atoms with Crippen LogP contribution < -0.4 is 10.6 Å². The summed E-state index contributed by atoms with van der Waals surface area (Å²) in [5.41, 5.74) is 10.6. The predicted molar refractivity (Wildman–Crippen MR) is 104 cm³/mol. The highest BCUT2D eigenvalue weighted by atomic mass is 19.3. The molecule has 0 amide bonds. The van der Waals surface area contributed by atoms with Crippen molar-refractivity contribution in [2.24, 2.45) is 10.7 Å². The fourth-order valence-electron chi connectivity index (χ4n) is 3.63. The molecule has 4 heterocycles. The van der Waals surface area contributed by atoms with Crippen LogP contribution in [-0.2, 0) is 6.42 Å². The Morgan fingerprint density at radius 2 is 1.86 bits per heavy atom. The van der Waals surface area contributed by atoms with E-state index in [0.717, 1.165) is 22.5 Å². The molecular weight excluding hydrogens is 362 g/mol. The molecule has 1 fully saturated rings. The molecular formula is C20H18F2N6. The molecule has 0 bridgehead atoms. The molecule has 6 nitrogen and oxygen atoms in total. The van der Waals surface area contributed by atoms with Crippen molar-refractivity contribution in [3.63, 3.8) is 0 Å². The summed E-state index contributed by atoms with van der Waals surface area (Å²) >= 11 is 0. The molecule has 3 aromatic rings. The number of aliphatic imine (C=N–C) groups is 1. The summed E-state index contributed by atoms with van der Waals surface area (Å²) in [4.78, 5) is 19.8. The van der Waals surface area contributed by atoms with Gasteiger partial charge in [0.05, 0.1) is 17.6 Å². The number of pyridine rings is 1. The number of hydrogen-bond donors (Lipinski definition) is 1. The Balaban J connectivity index is 1.48. The summed E-state index contributed by atoms with van der Waals surface area (Å²) in [5.74, 6) is -1.40. The molecule has 0 atom stereocenters. The Hall–Kier alpha value is -3.16. The zero-order valence-corrected chi connectivity index (χ0v) is 15.1. The zero-order valence-electron chi connectivity index (χ0n) is 15.1. The van der Waals surface area contributed by atoms with Gasteiger partial charge in [-0.15, -0.1) is 0 Å². The van der Waals surface area contributed by atoms with Crippen LogP contribution in [0.4, 0.5) is 20.3 Å². The molecule has 0 spiro atoms. The molecule has 0 radical (unpaired) electrons. The number of benzene rings is 1. The maximum absolute atomic E-state index is 13.4. The predicted octanol–water partition coefficient (Wildman–Crippen LogP) is 3.47. The third kappa shape index (κ3) is 3.04. The lowest BCUT2D eigenvalue weighted by atomic mass is 10.1. The van der Waals surface area contributed by atoms with Crippen LogP contribution in [0.25, 0.3) is 22.4 Å².